The molecule has 3 atom stereocenters. The van der Waals surface area contributed by atoms with Crippen LogP contribution < -0.4 is 4.74 Å². The molecule has 0 spiro atoms. The number of amides is 1. The highest BCUT2D eigenvalue weighted by atomic mass is 16.5. The van der Waals surface area contributed by atoms with E-state index in [4.69, 9.17) is 4.74 Å². The highest BCUT2D eigenvalue weighted by Crippen LogP contribution is 2.40. The van der Waals surface area contributed by atoms with Crippen LogP contribution in [0.15, 0.2) is 49.1 Å². The van der Waals surface area contributed by atoms with Gasteiger partial charge in [0.1, 0.15) is 11.8 Å². The van der Waals surface area contributed by atoms with E-state index in [9.17, 15) is 9.90 Å². The van der Waals surface area contributed by atoms with Gasteiger partial charge in [0.15, 0.2) is 5.82 Å². The molecule has 0 unspecified atom stereocenters. The molecule has 0 aromatic carbocycles. The van der Waals surface area contributed by atoms with Gasteiger partial charge >= 0.3 is 0 Å². The normalized spacial score (nSPS) is 22.0. The van der Waals surface area contributed by atoms with Crippen LogP contribution in [0.2, 0.25) is 0 Å². The number of nitrogens with zero attached hydrogens (tertiary/aromatic N) is 5. The van der Waals surface area contributed by atoms with Gasteiger partial charge in [0.2, 0.25) is 5.88 Å². The fraction of sp³-hybridized carbons (Fsp3) is 0.348. The summed E-state index contributed by atoms with van der Waals surface area (Å²) in [6.45, 7) is 2.58. The Morgan fingerprint density at radius 2 is 2.00 bits per heavy atom. The van der Waals surface area contributed by atoms with Gasteiger partial charge in [-0.15, -0.1) is 0 Å². The zero-order valence-electron chi connectivity index (χ0n) is 17.2. The Bertz CT molecular complexity index is 1090. The van der Waals surface area contributed by atoms with Crippen LogP contribution in [0.25, 0.3) is 11.4 Å². The van der Waals surface area contributed by atoms with Crippen LogP contribution in [0.5, 0.6) is 5.88 Å². The Labute approximate surface area is 180 Å². The standard InChI is InChI=1S/C23H23N5O3/c1-14-7-17(22-24-5-2-6-25-22)21(27-10-14)23(30)28-12-16-8-18(28)19(9-16)31-20-4-3-15(13-29)11-26-20/h2-7,10-11,16,18-19,29H,8-9,12-13H2,1H3/t16-,18+,19-/m1/s1. The minimum Gasteiger partial charge on any atom is -0.472 e. The Morgan fingerprint density at radius 3 is 2.71 bits per heavy atom. The Hall–Kier alpha value is -3.39. The van der Waals surface area contributed by atoms with Crippen LogP contribution in [-0.2, 0) is 6.61 Å². The molecule has 8 heteroatoms. The molecule has 2 aliphatic rings. The van der Waals surface area contributed by atoms with Gasteiger partial charge in [-0.25, -0.2) is 15.0 Å². The molecule has 8 nitrogen and oxygen atoms in total. The summed E-state index contributed by atoms with van der Waals surface area (Å²) >= 11 is 0. The number of rotatable bonds is 5. The van der Waals surface area contributed by atoms with Crippen molar-refractivity contribution in [1.29, 1.82) is 0 Å². The molecule has 1 amide bonds. The van der Waals surface area contributed by atoms with Crippen LogP contribution in [0, 0.1) is 12.8 Å². The van der Waals surface area contributed by atoms with Crippen LogP contribution in [0.3, 0.4) is 0 Å². The highest BCUT2D eigenvalue weighted by Gasteiger charge is 2.49. The van der Waals surface area contributed by atoms with Gasteiger partial charge in [-0.3, -0.25) is 9.78 Å². The van der Waals surface area contributed by atoms with Gasteiger partial charge < -0.3 is 14.7 Å². The number of ether oxygens (including phenoxy) is 1. The van der Waals surface area contributed by atoms with Crippen LogP contribution in [0.1, 0.15) is 34.5 Å². The van der Waals surface area contributed by atoms with Crippen molar-refractivity contribution in [2.45, 2.75) is 38.5 Å². The third kappa shape index (κ3) is 3.74. The molecule has 2 fully saturated rings. The number of aliphatic hydroxyl groups is 1. The molecule has 1 saturated carbocycles. The van der Waals surface area contributed by atoms with E-state index in [2.05, 4.69) is 19.9 Å². The number of piperidine rings is 1. The van der Waals surface area contributed by atoms with E-state index in [1.807, 2.05) is 17.9 Å². The van der Waals surface area contributed by atoms with Crippen molar-refractivity contribution >= 4 is 5.91 Å². The van der Waals surface area contributed by atoms with E-state index in [0.29, 0.717) is 35.4 Å². The number of hydrogen-bond donors (Lipinski definition) is 1. The fourth-order valence-electron chi connectivity index (χ4n) is 4.54. The minimum atomic E-state index is -0.119. The van der Waals surface area contributed by atoms with E-state index in [1.54, 1.807) is 43.0 Å². The van der Waals surface area contributed by atoms with Crippen molar-refractivity contribution in [3.05, 3.63) is 65.9 Å². The number of aliphatic hydroxyl groups excluding tert-OH is 1. The molecule has 1 saturated heterocycles. The molecule has 1 aliphatic carbocycles. The summed E-state index contributed by atoms with van der Waals surface area (Å²) in [6.07, 6.45) is 8.33. The van der Waals surface area contributed by atoms with Gasteiger partial charge in [0.05, 0.1) is 18.2 Å². The maximum absolute atomic E-state index is 13.5. The largest absolute Gasteiger partial charge is 0.472 e. The first-order valence-electron chi connectivity index (χ1n) is 10.4. The molecule has 2 bridgehead atoms. The number of carbonyl (C=O) groups is 1. The lowest BCUT2D eigenvalue weighted by atomic mass is 10.1. The molecule has 3 aromatic heterocycles. The topological polar surface area (TPSA) is 101 Å². The lowest BCUT2D eigenvalue weighted by Crippen LogP contribution is -2.47. The van der Waals surface area contributed by atoms with Crippen molar-refractivity contribution in [3.8, 4) is 17.3 Å². The molecular weight excluding hydrogens is 394 g/mol. The van der Waals surface area contributed by atoms with Crippen molar-refractivity contribution in [2.24, 2.45) is 5.92 Å². The lowest BCUT2D eigenvalue weighted by molar-refractivity contribution is 0.0462. The van der Waals surface area contributed by atoms with Gasteiger partial charge in [-0.05, 0) is 55.0 Å². The summed E-state index contributed by atoms with van der Waals surface area (Å²) in [7, 11) is 0. The third-order valence-corrected chi connectivity index (χ3v) is 5.97. The second kappa shape index (κ2) is 8.03. The molecule has 5 rings (SSSR count). The lowest BCUT2D eigenvalue weighted by Gasteiger charge is -2.33. The van der Waals surface area contributed by atoms with Crippen LogP contribution >= 0.6 is 0 Å². The van der Waals surface area contributed by atoms with Crippen molar-refractivity contribution in [3.63, 3.8) is 0 Å². The molecule has 3 aromatic rings. The smallest absolute Gasteiger partial charge is 0.273 e. The maximum atomic E-state index is 13.5. The first-order valence-corrected chi connectivity index (χ1v) is 10.4. The van der Waals surface area contributed by atoms with E-state index in [0.717, 1.165) is 24.0 Å². The highest BCUT2D eigenvalue weighted by molar-refractivity contribution is 5.98. The first kappa shape index (κ1) is 19.6. The van der Waals surface area contributed by atoms with E-state index in [-0.39, 0.29) is 24.7 Å². The average Bonchev–Trinajstić information content (AvgIpc) is 3.40. The number of fused-ring (bicyclic) bond motifs is 2. The van der Waals surface area contributed by atoms with Crippen LogP contribution in [-0.4, -0.2) is 54.5 Å². The second-order valence-corrected chi connectivity index (χ2v) is 8.16. The molecule has 1 aliphatic heterocycles. The summed E-state index contributed by atoms with van der Waals surface area (Å²) in [5.74, 6) is 1.28. The van der Waals surface area contributed by atoms with Gasteiger partial charge in [0, 0.05) is 37.4 Å². The Morgan fingerprint density at radius 1 is 1.16 bits per heavy atom. The van der Waals surface area contributed by atoms with E-state index in [1.165, 1.54) is 0 Å². The van der Waals surface area contributed by atoms with Gasteiger partial charge in [0.25, 0.3) is 5.91 Å². The summed E-state index contributed by atoms with van der Waals surface area (Å²) in [5.41, 5.74) is 2.69. The molecule has 1 N–H and O–H groups in total. The quantitative estimate of drug-likeness (QED) is 0.680. The van der Waals surface area contributed by atoms with Crippen LogP contribution in [0.4, 0.5) is 0 Å². The first-order chi connectivity index (χ1) is 15.1. The summed E-state index contributed by atoms with van der Waals surface area (Å²) in [4.78, 5) is 32.8. The average molecular weight is 417 g/mol. The number of aryl methyl sites for hydroxylation is 1. The fourth-order valence-corrected chi connectivity index (χ4v) is 4.54. The summed E-state index contributed by atoms with van der Waals surface area (Å²) in [5, 5.41) is 9.18. The van der Waals surface area contributed by atoms with Crippen molar-refractivity contribution in [2.75, 3.05) is 6.54 Å². The second-order valence-electron chi connectivity index (χ2n) is 8.16. The summed E-state index contributed by atoms with van der Waals surface area (Å²) < 4.78 is 6.13. The van der Waals surface area contributed by atoms with Crippen molar-refractivity contribution in [1.82, 2.24) is 24.8 Å². The number of hydrogen-bond acceptors (Lipinski definition) is 7. The SMILES string of the molecule is Cc1cnc(C(=O)N2C[C@H]3C[C@@H](Oc4ccc(CO)cn4)[C@@H]2C3)c(-c2ncccn2)c1. The maximum Gasteiger partial charge on any atom is 0.273 e. The number of pyridine rings is 2. The Balaban J connectivity index is 1.39. The molecular formula is C23H23N5O3. The zero-order valence-corrected chi connectivity index (χ0v) is 17.2. The number of aromatic nitrogens is 4. The van der Waals surface area contributed by atoms with Gasteiger partial charge in [-0.1, -0.05) is 0 Å². The van der Waals surface area contributed by atoms with E-state index >= 15 is 0 Å². The molecule has 31 heavy (non-hydrogen) atoms. The zero-order chi connectivity index (χ0) is 21.4. The molecule has 158 valence electrons. The number of likely N-dealkylation sites (tertiary alicyclic amines) is 1. The predicted molar refractivity (Wildman–Crippen MR) is 112 cm³/mol. The third-order valence-electron chi connectivity index (χ3n) is 5.97. The minimum absolute atomic E-state index is 0.0236. The van der Waals surface area contributed by atoms with E-state index < -0.39 is 0 Å². The molecule has 0 radical (unpaired) electrons. The predicted octanol–water partition coefficient (Wildman–Crippen LogP) is 2.42. The monoisotopic (exact) mass is 417 g/mol. The van der Waals surface area contributed by atoms with Crippen molar-refractivity contribution < 1.29 is 14.6 Å². The Kier molecular flexibility index (Phi) is 5.07. The van der Waals surface area contributed by atoms with Gasteiger partial charge in [-0.2, -0.15) is 0 Å². The number of carbonyl (C=O) groups excluding carboxylic acids is 1. The summed E-state index contributed by atoms with van der Waals surface area (Å²) in [6, 6.07) is 7.18. The molecule has 4 heterocycles.